The van der Waals surface area contributed by atoms with Crippen molar-refractivity contribution in [3.8, 4) is 0 Å². The van der Waals surface area contributed by atoms with Gasteiger partial charge >= 0.3 is 0 Å². The van der Waals surface area contributed by atoms with Gasteiger partial charge in [-0.2, -0.15) is 0 Å². The number of nitrogens with zero attached hydrogens (tertiary/aromatic N) is 3. The Morgan fingerprint density at radius 1 is 1.28 bits per heavy atom. The Bertz CT molecular complexity index is 1440. The van der Waals surface area contributed by atoms with E-state index in [0.29, 0.717) is 29.2 Å². The topological polar surface area (TPSA) is 87.5 Å². The number of amides is 1. The summed E-state index contributed by atoms with van der Waals surface area (Å²) < 4.78 is 1.84. The lowest BCUT2D eigenvalue weighted by atomic mass is 10.0. The van der Waals surface area contributed by atoms with Gasteiger partial charge in [-0.15, -0.1) is 11.3 Å². The number of aromatic nitrogens is 2. The van der Waals surface area contributed by atoms with Gasteiger partial charge in [-0.25, -0.2) is 0 Å². The van der Waals surface area contributed by atoms with Gasteiger partial charge in [-0.1, -0.05) is 29.8 Å². The van der Waals surface area contributed by atoms with Crippen molar-refractivity contribution in [3.05, 3.63) is 97.9 Å². The molecule has 2 N–H and O–H groups in total. The van der Waals surface area contributed by atoms with E-state index in [1.54, 1.807) is 35.9 Å². The summed E-state index contributed by atoms with van der Waals surface area (Å²) in [5.74, 6) is -0.404. The van der Waals surface area contributed by atoms with Crippen LogP contribution in [-0.4, -0.2) is 38.1 Å². The number of pyridine rings is 2. The second kappa shape index (κ2) is 10.5. The molecule has 186 valence electrons. The fraction of sp³-hybridized carbons (Fsp3) is 0.296. The van der Waals surface area contributed by atoms with E-state index in [-0.39, 0.29) is 17.0 Å². The van der Waals surface area contributed by atoms with Crippen LogP contribution in [0.15, 0.2) is 65.7 Å². The number of aliphatic hydroxyl groups is 1. The number of nitrogens with one attached hydrogen (secondary N) is 1. The minimum Gasteiger partial charge on any atom is -0.385 e. The number of halogens is 1. The van der Waals surface area contributed by atoms with Crippen molar-refractivity contribution in [2.45, 2.75) is 38.1 Å². The minimum absolute atomic E-state index is 0.0280. The molecule has 9 heteroatoms. The van der Waals surface area contributed by atoms with Gasteiger partial charge in [-0.3, -0.25) is 19.5 Å². The van der Waals surface area contributed by atoms with Gasteiger partial charge in [-0.05, 0) is 55.3 Å². The second-order valence-corrected chi connectivity index (χ2v) is 10.7. The fourth-order valence-electron chi connectivity index (χ4n) is 4.79. The minimum atomic E-state index is -0.662. The lowest BCUT2D eigenvalue weighted by Crippen LogP contribution is -2.34. The average Bonchev–Trinajstić information content (AvgIpc) is 3.54. The first-order chi connectivity index (χ1) is 17.4. The van der Waals surface area contributed by atoms with E-state index < -0.39 is 12.0 Å². The quantitative estimate of drug-likeness (QED) is 0.378. The highest BCUT2D eigenvalue weighted by molar-refractivity contribution is 7.18. The number of likely N-dealkylation sites (tertiary alicyclic amines) is 1. The number of carbonyl (C=O) groups is 1. The first-order valence-corrected chi connectivity index (χ1v) is 13.1. The van der Waals surface area contributed by atoms with Crippen LogP contribution in [0.3, 0.4) is 0 Å². The van der Waals surface area contributed by atoms with E-state index in [9.17, 15) is 14.7 Å². The molecule has 1 aliphatic rings. The molecule has 0 radical (unpaired) electrons. The van der Waals surface area contributed by atoms with E-state index in [2.05, 4.69) is 15.2 Å². The maximum atomic E-state index is 13.2. The Morgan fingerprint density at radius 2 is 2.08 bits per heavy atom. The average molecular weight is 523 g/mol. The molecule has 1 fully saturated rings. The van der Waals surface area contributed by atoms with Crippen molar-refractivity contribution in [2.24, 2.45) is 7.05 Å². The third kappa shape index (κ3) is 5.08. The molecule has 0 unspecified atom stereocenters. The van der Waals surface area contributed by atoms with Gasteiger partial charge in [0, 0.05) is 48.5 Å². The number of aliphatic hydroxyl groups excluding tert-OH is 1. The number of carbonyl (C=O) groups excluding carboxylic acids is 1. The molecule has 0 bridgehead atoms. The predicted molar refractivity (Wildman–Crippen MR) is 142 cm³/mol. The lowest BCUT2D eigenvalue weighted by Gasteiger charge is -2.27. The molecule has 2 atom stereocenters. The van der Waals surface area contributed by atoms with Gasteiger partial charge in [0.25, 0.3) is 5.91 Å². The molecule has 1 amide bonds. The Labute approximate surface area is 218 Å². The monoisotopic (exact) mass is 522 g/mol. The Balaban J connectivity index is 1.34. The van der Waals surface area contributed by atoms with Gasteiger partial charge in [0.2, 0.25) is 5.43 Å². The zero-order valence-electron chi connectivity index (χ0n) is 19.9. The van der Waals surface area contributed by atoms with Gasteiger partial charge in [0.05, 0.1) is 11.1 Å². The summed E-state index contributed by atoms with van der Waals surface area (Å²) in [4.78, 5) is 34.5. The van der Waals surface area contributed by atoms with Crippen molar-refractivity contribution in [1.29, 1.82) is 0 Å². The van der Waals surface area contributed by atoms with Crippen LogP contribution >= 0.6 is 22.9 Å². The van der Waals surface area contributed by atoms with Crippen molar-refractivity contribution in [3.63, 3.8) is 0 Å². The van der Waals surface area contributed by atoms with Crippen molar-refractivity contribution in [1.82, 2.24) is 19.8 Å². The van der Waals surface area contributed by atoms with E-state index in [4.69, 9.17) is 11.6 Å². The summed E-state index contributed by atoms with van der Waals surface area (Å²) in [6.07, 6.45) is 4.53. The van der Waals surface area contributed by atoms with Gasteiger partial charge in [0.1, 0.15) is 16.5 Å². The molecular weight excluding hydrogens is 496 g/mol. The number of hydrogen-bond donors (Lipinski definition) is 2. The van der Waals surface area contributed by atoms with E-state index in [1.807, 2.05) is 48.0 Å². The van der Waals surface area contributed by atoms with Gasteiger partial charge < -0.3 is 15.0 Å². The molecule has 4 heterocycles. The fourth-order valence-corrected chi connectivity index (χ4v) is 6.03. The zero-order valence-corrected chi connectivity index (χ0v) is 21.4. The first kappa shape index (κ1) is 24.6. The lowest BCUT2D eigenvalue weighted by molar-refractivity contribution is 0.0662. The number of fused-ring (bicyclic) bond motifs is 1. The maximum Gasteiger partial charge on any atom is 0.257 e. The summed E-state index contributed by atoms with van der Waals surface area (Å²) in [5.41, 5.74) is 1.42. The summed E-state index contributed by atoms with van der Waals surface area (Å²) in [5, 5.41) is 14.9. The van der Waals surface area contributed by atoms with Crippen molar-refractivity contribution in [2.75, 3.05) is 6.54 Å². The zero-order chi connectivity index (χ0) is 25.2. The van der Waals surface area contributed by atoms with E-state index in [1.165, 1.54) is 0 Å². The number of aryl methyl sites for hydroxylation is 1. The summed E-state index contributed by atoms with van der Waals surface area (Å²) >= 11 is 7.47. The first-order valence-electron chi connectivity index (χ1n) is 11.9. The van der Waals surface area contributed by atoms with Crippen LogP contribution in [0.5, 0.6) is 0 Å². The largest absolute Gasteiger partial charge is 0.385 e. The van der Waals surface area contributed by atoms with Crippen molar-refractivity contribution < 1.29 is 9.90 Å². The summed E-state index contributed by atoms with van der Waals surface area (Å²) in [6.45, 7) is 1.81. The summed E-state index contributed by atoms with van der Waals surface area (Å²) in [6, 6.07) is 14.6. The van der Waals surface area contributed by atoms with Crippen LogP contribution in [0.25, 0.3) is 10.2 Å². The molecule has 5 rings (SSSR count). The molecule has 1 saturated heterocycles. The predicted octanol–water partition coefficient (Wildman–Crippen LogP) is 4.28. The van der Waals surface area contributed by atoms with Crippen molar-refractivity contribution >= 4 is 39.1 Å². The highest BCUT2D eigenvalue weighted by Gasteiger charge is 2.32. The number of hydrogen-bond acceptors (Lipinski definition) is 6. The van der Waals surface area contributed by atoms with Crippen LogP contribution in [0.4, 0.5) is 0 Å². The normalized spacial score (nSPS) is 16.9. The molecule has 3 aromatic heterocycles. The van der Waals surface area contributed by atoms with Crippen LogP contribution in [0.1, 0.15) is 45.4 Å². The Kier molecular flexibility index (Phi) is 7.20. The number of rotatable bonds is 7. The molecule has 4 aromatic rings. The van der Waals surface area contributed by atoms with Crippen LogP contribution in [0.2, 0.25) is 5.02 Å². The highest BCUT2D eigenvalue weighted by Crippen LogP contribution is 2.32. The molecule has 1 aromatic carbocycles. The van der Waals surface area contributed by atoms with Crippen LogP contribution in [-0.2, 0) is 20.1 Å². The second-order valence-electron chi connectivity index (χ2n) is 9.10. The Hall–Kier alpha value is -3.04. The van der Waals surface area contributed by atoms with Crippen LogP contribution < -0.4 is 10.7 Å². The molecule has 0 saturated carbocycles. The standard InChI is InChI=1S/C27H27ClN4O3S/c1-31-16-21(26(35)30-14-17-7-9-18(28)10-8-17)24(33)20-13-19(36-27(20)31)15-32-12-4-6-23(32)25(34)22-5-2-3-11-29-22/h2-3,5,7-11,13,16,23,25,34H,4,6,12,14-15H2,1H3,(H,30,35)/t23-,25+/m1/s1. The number of benzene rings is 1. The van der Waals surface area contributed by atoms with E-state index in [0.717, 1.165) is 34.7 Å². The number of thiophene rings is 1. The molecule has 0 aliphatic carbocycles. The molecular formula is C27H27ClN4O3S. The molecule has 36 heavy (non-hydrogen) atoms. The highest BCUT2D eigenvalue weighted by atomic mass is 35.5. The smallest absolute Gasteiger partial charge is 0.257 e. The SMILES string of the molecule is Cn1cc(C(=O)NCc2ccc(Cl)cc2)c(=O)c2cc(CN3CCC[C@@H]3[C@@H](O)c3ccccn3)sc21. The third-order valence-electron chi connectivity index (χ3n) is 6.64. The van der Waals surface area contributed by atoms with E-state index >= 15 is 0 Å². The van der Waals surface area contributed by atoms with Gasteiger partial charge in [0.15, 0.2) is 0 Å². The Morgan fingerprint density at radius 3 is 2.83 bits per heavy atom. The third-order valence-corrected chi connectivity index (χ3v) is 8.10. The molecule has 0 spiro atoms. The molecule has 1 aliphatic heterocycles. The van der Waals surface area contributed by atoms with Crippen LogP contribution in [0, 0.1) is 0 Å². The summed E-state index contributed by atoms with van der Waals surface area (Å²) in [7, 11) is 1.85. The maximum absolute atomic E-state index is 13.2. The molecule has 7 nitrogen and oxygen atoms in total.